The minimum Gasteiger partial charge on any atom is -0.347 e. The third kappa shape index (κ3) is 4.27. The number of hydrogen-bond donors (Lipinski definition) is 2. The normalized spacial score (nSPS) is 23.6. The number of Topliss-reactive ketones (excluding diaryl/α,β-unsaturated/α-hetero) is 1. The molecule has 2 aliphatic rings. The molecule has 0 aromatic carbocycles. The summed E-state index contributed by atoms with van der Waals surface area (Å²) in [6.07, 6.45) is 4.92. The van der Waals surface area contributed by atoms with Crippen LogP contribution < -0.4 is 10.6 Å². The van der Waals surface area contributed by atoms with Gasteiger partial charge in [-0.3, -0.25) is 19.3 Å². The summed E-state index contributed by atoms with van der Waals surface area (Å²) in [7, 11) is 1.91. The third-order valence-corrected chi connectivity index (χ3v) is 4.17. The molecule has 0 radical (unpaired) electrons. The lowest BCUT2D eigenvalue weighted by molar-refractivity contribution is -0.140. The van der Waals surface area contributed by atoms with E-state index in [1.54, 1.807) is 0 Å². The molecule has 1 saturated carbocycles. The van der Waals surface area contributed by atoms with E-state index in [0.717, 1.165) is 38.6 Å². The molecule has 1 heterocycles. The van der Waals surface area contributed by atoms with E-state index >= 15 is 0 Å². The van der Waals surface area contributed by atoms with Gasteiger partial charge in [0.25, 0.3) is 5.91 Å². The summed E-state index contributed by atoms with van der Waals surface area (Å²) >= 11 is 0. The Labute approximate surface area is 125 Å². The monoisotopic (exact) mass is 295 g/mol. The molecule has 6 heteroatoms. The van der Waals surface area contributed by atoms with Crippen LogP contribution in [0.2, 0.25) is 0 Å². The van der Waals surface area contributed by atoms with Crippen LogP contribution in [0, 0.1) is 0 Å². The van der Waals surface area contributed by atoms with Crippen molar-refractivity contribution >= 4 is 17.6 Å². The molecule has 2 fully saturated rings. The fraction of sp³-hybridized carbons (Fsp3) is 0.800. The first-order chi connectivity index (χ1) is 10.0. The Balaban J connectivity index is 1.92. The minimum absolute atomic E-state index is 0.138. The van der Waals surface area contributed by atoms with Gasteiger partial charge in [0.1, 0.15) is 0 Å². The fourth-order valence-corrected chi connectivity index (χ4v) is 2.71. The number of ketones is 1. The fourth-order valence-electron chi connectivity index (χ4n) is 2.71. The van der Waals surface area contributed by atoms with Crippen molar-refractivity contribution in [1.82, 2.24) is 15.5 Å². The molecule has 0 spiro atoms. The van der Waals surface area contributed by atoms with Crippen LogP contribution in [0.3, 0.4) is 0 Å². The average molecular weight is 295 g/mol. The molecule has 118 valence electrons. The summed E-state index contributed by atoms with van der Waals surface area (Å²) in [5.41, 5.74) is 0. The summed E-state index contributed by atoms with van der Waals surface area (Å²) in [4.78, 5) is 38.3. The lowest BCUT2D eigenvalue weighted by Gasteiger charge is -2.22. The first-order valence-electron chi connectivity index (χ1n) is 7.88. The largest absolute Gasteiger partial charge is 0.347 e. The van der Waals surface area contributed by atoms with Crippen molar-refractivity contribution in [3.63, 3.8) is 0 Å². The van der Waals surface area contributed by atoms with E-state index in [0.29, 0.717) is 6.42 Å². The molecule has 2 unspecified atom stereocenters. The molecule has 2 atom stereocenters. The molecule has 1 aliphatic heterocycles. The third-order valence-electron chi connectivity index (χ3n) is 4.17. The SMILES string of the molecule is CCCC(NC(=O)C1CCCN1C)C(=O)C(=O)NC1CC1. The van der Waals surface area contributed by atoms with Crippen molar-refractivity contribution in [3.8, 4) is 0 Å². The Morgan fingerprint density at radius 3 is 2.48 bits per heavy atom. The van der Waals surface area contributed by atoms with E-state index < -0.39 is 17.7 Å². The van der Waals surface area contributed by atoms with Gasteiger partial charge in [0, 0.05) is 6.04 Å². The van der Waals surface area contributed by atoms with Gasteiger partial charge >= 0.3 is 0 Å². The van der Waals surface area contributed by atoms with Gasteiger partial charge in [-0.15, -0.1) is 0 Å². The van der Waals surface area contributed by atoms with E-state index in [1.807, 2.05) is 18.9 Å². The van der Waals surface area contributed by atoms with Crippen LogP contribution in [0.15, 0.2) is 0 Å². The number of amides is 2. The Bertz CT molecular complexity index is 420. The van der Waals surface area contributed by atoms with Gasteiger partial charge in [-0.05, 0) is 45.7 Å². The topological polar surface area (TPSA) is 78.5 Å². The van der Waals surface area contributed by atoms with Gasteiger partial charge in [0.05, 0.1) is 12.1 Å². The Morgan fingerprint density at radius 2 is 1.95 bits per heavy atom. The number of hydrogen-bond acceptors (Lipinski definition) is 4. The Kier molecular flexibility index (Phi) is 5.33. The maximum Gasteiger partial charge on any atom is 0.289 e. The lowest BCUT2D eigenvalue weighted by atomic mass is 10.1. The Hall–Kier alpha value is -1.43. The highest BCUT2D eigenvalue weighted by Crippen LogP contribution is 2.19. The van der Waals surface area contributed by atoms with Crippen LogP contribution >= 0.6 is 0 Å². The summed E-state index contributed by atoms with van der Waals surface area (Å²) in [6.45, 7) is 2.83. The number of carbonyl (C=O) groups is 3. The zero-order valence-corrected chi connectivity index (χ0v) is 12.9. The predicted molar refractivity (Wildman–Crippen MR) is 78.7 cm³/mol. The van der Waals surface area contributed by atoms with Gasteiger partial charge in [-0.25, -0.2) is 0 Å². The van der Waals surface area contributed by atoms with Crippen LogP contribution in [0.4, 0.5) is 0 Å². The van der Waals surface area contributed by atoms with E-state index in [-0.39, 0.29) is 18.0 Å². The minimum atomic E-state index is -0.699. The highest BCUT2D eigenvalue weighted by atomic mass is 16.2. The molecule has 6 nitrogen and oxygen atoms in total. The predicted octanol–water partition coefficient (Wildman–Crippen LogP) is 0.213. The van der Waals surface area contributed by atoms with Crippen LogP contribution in [0.5, 0.6) is 0 Å². The maximum atomic E-state index is 12.3. The van der Waals surface area contributed by atoms with Crippen molar-refractivity contribution in [1.29, 1.82) is 0 Å². The summed E-state index contributed by atoms with van der Waals surface area (Å²) in [6, 6.07) is -0.723. The van der Waals surface area contributed by atoms with Gasteiger partial charge < -0.3 is 10.6 Å². The molecule has 0 bridgehead atoms. The van der Waals surface area contributed by atoms with Crippen LogP contribution in [-0.2, 0) is 14.4 Å². The molecule has 1 saturated heterocycles. The molecular formula is C15H25N3O3. The standard InChI is InChI=1S/C15H25N3O3/c1-3-5-11(13(19)15(21)16-10-7-8-10)17-14(20)12-6-4-9-18(12)2/h10-12H,3-9H2,1-2H3,(H,16,21)(H,17,20). The van der Waals surface area contributed by atoms with Gasteiger partial charge in [0.15, 0.2) is 0 Å². The first-order valence-corrected chi connectivity index (χ1v) is 7.88. The van der Waals surface area contributed by atoms with Crippen molar-refractivity contribution < 1.29 is 14.4 Å². The summed E-state index contributed by atoms with van der Waals surface area (Å²) in [5, 5.41) is 5.47. The molecular weight excluding hydrogens is 270 g/mol. The molecule has 2 N–H and O–H groups in total. The van der Waals surface area contributed by atoms with Crippen molar-refractivity contribution in [2.45, 2.75) is 63.6 Å². The van der Waals surface area contributed by atoms with Crippen molar-refractivity contribution in [2.24, 2.45) is 0 Å². The number of rotatable bonds is 7. The van der Waals surface area contributed by atoms with Gasteiger partial charge in [-0.1, -0.05) is 13.3 Å². The number of likely N-dealkylation sites (tertiary alicyclic amines) is 1. The van der Waals surface area contributed by atoms with E-state index in [4.69, 9.17) is 0 Å². The molecule has 1 aliphatic carbocycles. The van der Waals surface area contributed by atoms with E-state index in [9.17, 15) is 14.4 Å². The summed E-state index contributed by atoms with van der Waals surface area (Å²) < 4.78 is 0. The number of likely N-dealkylation sites (N-methyl/N-ethyl adjacent to an activating group) is 1. The molecule has 21 heavy (non-hydrogen) atoms. The molecule has 0 aromatic rings. The number of nitrogens with one attached hydrogen (secondary N) is 2. The Morgan fingerprint density at radius 1 is 1.24 bits per heavy atom. The first kappa shape index (κ1) is 15.9. The van der Waals surface area contributed by atoms with E-state index in [1.165, 1.54) is 0 Å². The molecule has 0 aromatic heterocycles. The number of nitrogens with zero attached hydrogens (tertiary/aromatic N) is 1. The second kappa shape index (κ2) is 7.02. The van der Waals surface area contributed by atoms with E-state index in [2.05, 4.69) is 10.6 Å². The second-order valence-corrected chi connectivity index (χ2v) is 6.10. The van der Waals surface area contributed by atoms with Gasteiger partial charge in [-0.2, -0.15) is 0 Å². The van der Waals surface area contributed by atoms with Crippen LogP contribution in [-0.4, -0.2) is 54.2 Å². The number of carbonyl (C=O) groups excluding carboxylic acids is 3. The van der Waals surface area contributed by atoms with Crippen LogP contribution in [0.25, 0.3) is 0 Å². The molecule has 2 rings (SSSR count). The zero-order valence-electron chi connectivity index (χ0n) is 12.9. The smallest absolute Gasteiger partial charge is 0.289 e. The van der Waals surface area contributed by atoms with Gasteiger partial charge in [0.2, 0.25) is 11.7 Å². The van der Waals surface area contributed by atoms with Crippen molar-refractivity contribution in [2.75, 3.05) is 13.6 Å². The zero-order chi connectivity index (χ0) is 15.4. The quantitative estimate of drug-likeness (QED) is 0.658. The summed E-state index contributed by atoms with van der Waals surface area (Å²) in [5.74, 6) is -1.21. The average Bonchev–Trinajstić information content (AvgIpc) is 3.15. The van der Waals surface area contributed by atoms with Crippen LogP contribution in [0.1, 0.15) is 45.4 Å². The lowest BCUT2D eigenvalue weighted by Crippen LogP contribution is -2.52. The molecule has 2 amide bonds. The maximum absolute atomic E-state index is 12.3. The highest BCUT2D eigenvalue weighted by molar-refractivity contribution is 6.38. The second-order valence-electron chi connectivity index (χ2n) is 6.10. The highest BCUT2D eigenvalue weighted by Gasteiger charge is 2.34. The van der Waals surface area contributed by atoms with Crippen molar-refractivity contribution in [3.05, 3.63) is 0 Å².